The molecular formula is C17H14F4N6O5. The third kappa shape index (κ3) is 4.13. The van der Waals surface area contributed by atoms with E-state index >= 15 is 0 Å². The van der Waals surface area contributed by atoms with Gasteiger partial charge in [0.1, 0.15) is 5.69 Å². The summed E-state index contributed by atoms with van der Waals surface area (Å²) in [5.74, 6) is -3.54. The number of rotatable bonds is 5. The fourth-order valence-electron chi connectivity index (χ4n) is 3.21. The van der Waals surface area contributed by atoms with E-state index in [0.717, 1.165) is 11.1 Å². The highest BCUT2D eigenvalue weighted by molar-refractivity contribution is 5.75. The third-order valence-corrected chi connectivity index (χ3v) is 4.60. The number of imidazole rings is 1. The Morgan fingerprint density at radius 2 is 2.12 bits per heavy atom. The summed E-state index contributed by atoms with van der Waals surface area (Å²) in [6.07, 6.45) is -2.68. The summed E-state index contributed by atoms with van der Waals surface area (Å²) < 4.78 is 63.2. The minimum Gasteiger partial charge on any atom is -0.428 e. The number of nitrogens with zero attached hydrogens (tertiary/aromatic N) is 4. The summed E-state index contributed by atoms with van der Waals surface area (Å²) in [6.45, 7) is -2.69. The first-order chi connectivity index (χ1) is 15.1. The molecule has 0 bridgehead atoms. The summed E-state index contributed by atoms with van der Waals surface area (Å²) in [5, 5.41) is 4.19. The Morgan fingerprint density at radius 3 is 2.84 bits per heavy atom. The van der Waals surface area contributed by atoms with Crippen molar-refractivity contribution in [2.45, 2.75) is 18.5 Å². The predicted molar refractivity (Wildman–Crippen MR) is 99.0 cm³/mol. The van der Waals surface area contributed by atoms with Crippen molar-refractivity contribution >= 4 is 17.5 Å². The van der Waals surface area contributed by atoms with Crippen molar-refractivity contribution in [1.29, 1.82) is 0 Å². The van der Waals surface area contributed by atoms with Crippen LogP contribution in [0.3, 0.4) is 0 Å². The normalized spacial score (nSPS) is 17.8. The molecular weight excluding hydrogens is 444 g/mol. The zero-order valence-corrected chi connectivity index (χ0v) is 15.9. The van der Waals surface area contributed by atoms with Crippen LogP contribution in [0.5, 0.6) is 0 Å². The number of hydrogen-bond acceptors (Lipinski definition) is 8. The van der Waals surface area contributed by atoms with Crippen LogP contribution in [-0.4, -0.2) is 68.9 Å². The van der Waals surface area contributed by atoms with Gasteiger partial charge in [0.25, 0.3) is 12.0 Å². The van der Waals surface area contributed by atoms with Gasteiger partial charge in [-0.3, -0.25) is 9.78 Å². The predicted octanol–water partition coefficient (Wildman–Crippen LogP) is 1.02. The van der Waals surface area contributed by atoms with E-state index in [1.54, 1.807) is 0 Å². The molecule has 0 radical (unpaired) electrons. The lowest BCUT2D eigenvalue weighted by Gasteiger charge is -2.19. The van der Waals surface area contributed by atoms with Crippen molar-refractivity contribution in [3.05, 3.63) is 45.5 Å². The number of H-pyrrole nitrogens is 2. The average molecular weight is 458 g/mol. The molecule has 0 saturated carbocycles. The molecule has 0 amide bonds. The number of carbonyl (C=O) groups excluding carboxylic acids is 1. The highest BCUT2D eigenvalue weighted by atomic mass is 19.3. The lowest BCUT2D eigenvalue weighted by atomic mass is 10.2. The van der Waals surface area contributed by atoms with E-state index in [1.165, 1.54) is 23.0 Å². The van der Waals surface area contributed by atoms with Gasteiger partial charge < -0.3 is 19.4 Å². The van der Waals surface area contributed by atoms with Crippen LogP contribution in [-0.2, 0) is 9.47 Å². The van der Waals surface area contributed by atoms with Gasteiger partial charge in [0.05, 0.1) is 24.3 Å². The highest BCUT2D eigenvalue weighted by Gasteiger charge is 2.51. The molecule has 170 valence electrons. The van der Waals surface area contributed by atoms with E-state index in [2.05, 4.69) is 24.5 Å². The number of halogens is 4. The summed E-state index contributed by atoms with van der Waals surface area (Å²) in [4.78, 5) is 44.4. The van der Waals surface area contributed by atoms with E-state index in [9.17, 15) is 31.9 Å². The number of hydrogen-bond donors (Lipinski definition) is 2. The van der Waals surface area contributed by atoms with Crippen LogP contribution >= 0.6 is 0 Å². The molecule has 4 rings (SSSR count). The minimum absolute atomic E-state index is 0.0317. The molecule has 0 aromatic carbocycles. The van der Waals surface area contributed by atoms with Gasteiger partial charge in [0.2, 0.25) is 0 Å². The number of carbonyl (C=O) groups is 1. The molecule has 1 fully saturated rings. The van der Waals surface area contributed by atoms with Crippen molar-refractivity contribution in [2.24, 2.45) is 0 Å². The first-order valence-corrected chi connectivity index (χ1v) is 9.05. The third-order valence-electron chi connectivity index (χ3n) is 4.60. The van der Waals surface area contributed by atoms with Crippen molar-refractivity contribution in [3.8, 4) is 11.3 Å². The minimum atomic E-state index is -3.54. The van der Waals surface area contributed by atoms with Crippen molar-refractivity contribution in [2.75, 3.05) is 24.6 Å². The molecule has 1 aliphatic heterocycles. The zero-order chi connectivity index (χ0) is 23.0. The summed E-state index contributed by atoms with van der Waals surface area (Å²) in [5.41, 5.74) is -1.16. The largest absolute Gasteiger partial charge is 0.509 e. The average Bonchev–Trinajstić information content (AvgIpc) is 3.29. The van der Waals surface area contributed by atoms with Crippen LogP contribution in [0.1, 0.15) is 0 Å². The van der Waals surface area contributed by atoms with Gasteiger partial charge in [-0.15, -0.1) is 0 Å². The number of alkyl halides is 4. The zero-order valence-electron chi connectivity index (χ0n) is 15.9. The maximum absolute atomic E-state index is 14.5. The Morgan fingerprint density at radius 1 is 1.34 bits per heavy atom. The number of aromatic nitrogens is 5. The number of aromatic amines is 2. The van der Waals surface area contributed by atoms with Crippen molar-refractivity contribution in [3.63, 3.8) is 0 Å². The molecule has 15 heteroatoms. The topological polar surface area (TPSA) is 135 Å². The van der Waals surface area contributed by atoms with E-state index in [0.29, 0.717) is 0 Å². The Labute approximate surface area is 174 Å². The number of ether oxygens (including phenoxy) is 2. The van der Waals surface area contributed by atoms with Gasteiger partial charge >= 0.3 is 17.8 Å². The molecule has 1 aliphatic rings. The SMILES string of the molecule is O=C(OCC(F)F)O[C@H]1CN(c2cc(-c3c[nH]c(=O)[nH]c3=O)nn3ccnc23)CC1(F)F. The van der Waals surface area contributed by atoms with Gasteiger partial charge in [-0.2, -0.15) is 5.10 Å². The molecule has 2 N–H and O–H groups in total. The lowest BCUT2D eigenvalue weighted by Crippen LogP contribution is -2.36. The molecule has 0 aliphatic carbocycles. The first kappa shape index (κ1) is 21.3. The first-order valence-electron chi connectivity index (χ1n) is 9.05. The molecule has 0 spiro atoms. The monoisotopic (exact) mass is 458 g/mol. The van der Waals surface area contributed by atoms with Gasteiger partial charge in [0, 0.05) is 18.6 Å². The van der Waals surface area contributed by atoms with Crippen molar-refractivity contribution < 1.29 is 31.8 Å². The second-order valence-corrected chi connectivity index (χ2v) is 6.80. The maximum atomic E-state index is 14.5. The van der Waals surface area contributed by atoms with Gasteiger partial charge in [-0.25, -0.2) is 36.7 Å². The van der Waals surface area contributed by atoms with Crippen LogP contribution in [0.4, 0.5) is 28.0 Å². The lowest BCUT2D eigenvalue weighted by molar-refractivity contribution is -0.0964. The molecule has 0 unspecified atom stereocenters. The van der Waals surface area contributed by atoms with Crippen LogP contribution in [0.15, 0.2) is 34.2 Å². The smallest absolute Gasteiger partial charge is 0.428 e. The van der Waals surface area contributed by atoms with E-state index < -0.39 is 55.6 Å². The molecule has 4 heterocycles. The molecule has 32 heavy (non-hydrogen) atoms. The number of anilines is 1. The number of fused-ring (bicyclic) bond motifs is 1. The number of nitrogens with one attached hydrogen (secondary N) is 2. The van der Waals surface area contributed by atoms with Gasteiger partial charge in [-0.05, 0) is 6.07 Å². The molecule has 3 aromatic heterocycles. The molecule has 1 atom stereocenters. The quantitative estimate of drug-likeness (QED) is 0.428. The second kappa shape index (κ2) is 7.97. The van der Waals surface area contributed by atoms with Crippen LogP contribution < -0.4 is 16.1 Å². The van der Waals surface area contributed by atoms with E-state index in [4.69, 9.17) is 0 Å². The standard InChI is InChI=1S/C17H14F4N6O5/c18-12(19)6-31-16(30)32-11-5-26(7-17(11,20)21)10-3-9(25-27-2-1-22-13(10)27)8-4-23-15(29)24-14(8)28/h1-4,11-12H,5-7H2,(H2,23,24,28,29)/t11-/m0/s1. The van der Waals surface area contributed by atoms with Gasteiger partial charge in [-0.1, -0.05) is 0 Å². The maximum Gasteiger partial charge on any atom is 0.509 e. The van der Waals surface area contributed by atoms with Gasteiger partial charge in [0.15, 0.2) is 18.4 Å². The second-order valence-electron chi connectivity index (χ2n) is 6.80. The van der Waals surface area contributed by atoms with Crippen LogP contribution in [0.25, 0.3) is 16.9 Å². The Hall–Kier alpha value is -3.91. The Balaban J connectivity index is 1.66. The summed E-state index contributed by atoms with van der Waals surface area (Å²) in [7, 11) is 0. The van der Waals surface area contributed by atoms with E-state index in [-0.39, 0.29) is 22.6 Å². The molecule has 11 nitrogen and oxygen atoms in total. The fraction of sp³-hybridized carbons (Fsp3) is 0.353. The summed E-state index contributed by atoms with van der Waals surface area (Å²) in [6, 6.07) is 1.32. The van der Waals surface area contributed by atoms with Crippen molar-refractivity contribution in [1.82, 2.24) is 24.6 Å². The van der Waals surface area contributed by atoms with E-state index in [1.807, 2.05) is 4.98 Å². The fourth-order valence-corrected chi connectivity index (χ4v) is 3.21. The highest BCUT2D eigenvalue weighted by Crippen LogP contribution is 2.35. The Bertz CT molecular complexity index is 1270. The molecule has 3 aromatic rings. The Kier molecular flexibility index (Phi) is 5.31. The van der Waals surface area contributed by atoms with Crippen LogP contribution in [0.2, 0.25) is 0 Å². The van der Waals surface area contributed by atoms with Crippen LogP contribution in [0, 0.1) is 0 Å². The summed E-state index contributed by atoms with van der Waals surface area (Å²) >= 11 is 0. The molecule has 1 saturated heterocycles.